The third kappa shape index (κ3) is 5.89. The van der Waals surface area contributed by atoms with E-state index in [9.17, 15) is 19.2 Å². The zero-order chi connectivity index (χ0) is 23.8. The van der Waals surface area contributed by atoms with Gasteiger partial charge in [-0.3, -0.25) is 14.4 Å². The number of fused-ring (bicyclic) bond motifs is 3. The molecule has 9 heteroatoms. The van der Waals surface area contributed by atoms with Gasteiger partial charge in [-0.2, -0.15) is 0 Å². The predicted octanol–water partition coefficient (Wildman–Crippen LogP) is 1.19. The molecule has 0 heterocycles. The third-order valence-electron chi connectivity index (χ3n) is 5.13. The van der Waals surface area contributed by atoms with Crippen LogP contribution >= 0.6 is 0 Å². The number of carbonyl (C=O) groups excluding carboxylic acids is 3. The molecule has 3 amide bonds. The molecule has 3 N–H and O–H groups in total. The summed E-state index contributed by atoms with van der Waals surface area (Å²) in [6, 6.07) is 15.8. The fourth-order valence-electron chi connectivity index (χ4n) is 3.66. The van der Waals surface area contributed by atoms with E-state index in [0.717, 1.165) is 27.2 Å². The molecule has 0 atom stereocenters. The molecule has 0 saturated carbocycles. The smallest absolute Gasteiger partial charge is 0.407 e. The highest BCUT2D eigenvalue weighted by atomic mass is 16.5. The van der Waals surface area contributed by atoms with Crippen molar-refractivity contribution in [3.63, 3.8) is 0 Å². The quantitative estimate of drug-likeness (QED) is 0.494. The van der Waals surface area contributed by atoms with Gasteiger partial charge in [-0.25, -0.2) is 4.79 Å². The summed E-state index contributed by atoms with van der Waals surface area (Å²) in [5.41, 5.74) is 4.35. The van der Waals surface area contributed by atoms with E-state index in [1.165, 1.54) is 0 Å². The van der Waals surface area contributed by atoms with Crippen LogP contribution in [0.2, 0.25) is 0 Å². The Morgan fingerprint density at radius 1 is 0.970 bits per heavy atom. The van der Waals surface area contributed by atoms with Crippen LogP contribution in [-0.4, -0.2) is 66.7 Å². The number of hydrogen-bond donors (Lipinski definition) is 3. The Bertz CT molecular complexity index is 1060. The van der Waals surface area contributed by atoms with E-state index >= 15 is 0 Å². The van der Waals surface area contributed by atoms with Crippen molar-refractivity contribution in [3.05, 3.63) is 59.7 Å². The zero-order valence-electron chi connectivity index (χ0n) is 17.7. The Hall–Kier alpha value is -4.32. The number of benzene rings is 2. The van der Waals surface area contributed by atoms with Crippen molar-refractivity contribution < 1.29 is 29.0 Å². The lowest BCUT2D eigenvalue weighted by molar-refractivity contribution is -0.143. The molecule has 0 unspecified atom stereocenters. The van der Waals surface area contributed by atoms with Crippen molar-refractivity contribution in [2.24, 2.45) is 0 Å². The van der Waals surface area contributed by atoms with E-state index < -0.39 is 43.5 Å². The zero-order valence-corrected chi connectivity index (χ0v) is 17.7. The number of alkyl carbamates (subject to hydrolysis) is 1. The van der Waals surface area contributed by atoms with E-state index in [2.05, 4.69) is 16.6 Å². The maximum atomic E-state index is 12.1. The van der Waals surface area contributed by atoms with Crippen LogP contribution in [0.4, 0.5) is 4.79 Å². The summed E-state index contributed by atoms with van der Waals surface area (Å²) in [6.45, 7) is -1.51. The van der Waals surface area contributed by atoms with Crippen molar-refractivity contribution in [2.75, 3.05) is 32.8 Å². The minimum absolute atomic E-state index is 0.106. The predicted molar refractivity (Wildman–Crippen MR) is 119 cm³/mol. The maximum Gasteiger partial charge on any atom is 0.407 e. The summed E-state index contributed by atoms with van der Waals surface area (Å²) in [5.74, 6) is -0.419. The SMILES string of the molecule is C#CCN(CC(=O)O)C(=O)CNC(=O)CNC(=O)OCC1c2ccccc2-c2ccccc21. The number of nitrogens with one attached hydrogen (secondary N) is 2. The molecule has 0 spiro atoms. The number of carboxylic acid groups (broad SMARTS) is 1. The maximum absolute atomic E-state index is 12.1. The van der Waals surface area contributed by atoms with Gasteiger partial charge in [0.2, 0.25) is 11.8 Å². The van der Waals surface area contributed by atoms with Crippen LogP contribution in [0.1, 0.15) is 17.0 Å². The molecule has 0 fully saturated rings. The summed E-state index contributed by atoms with van der Waals surface area (Å²) in [5, 5.41) is 13.5. The van der Waals surface area contributed by atoms with E-state index in [1.54, 1.807) is 0 Å². The highest BCUT2D eigenvalue weighted by Crippen LogP contribution is 2.44. The molecular formula is C24H23N3O6. The molecule has 2 aromatic carbocycles. The fourth-order valence-corrected chi connectivity index (χ4v) is 3.66. The summed E-state index contributed by atoms with van der Waals surface area (Å²) < 4.78 is 5.34. The number of aliphatic carboxylic acids is 1. The number of nitrogens with zero attached hydrogens (tertiary/aromatic N) is 1. The van der Waals surface area contributed by atoms with Crippen LogP contribution in [0.25, 0.3) is 11.1 Å². The molecule has 1 aliphatic rings. The number of terminal acetylenes is 1. The van der Waals surface area contributed by atoms with Gasteiger partial charge in [-0.1, -0.05) is 54.5 Å². The summed E-state index contributed by atoms with van der Waals surface area (Å²) in [6.07, 6.45) is 4.36. The van der Waals surface area contributed by atoms with Crippen LogP contribution in [0.5, 0.6) is 0 Å². The first-order valence-corrected chi connectivity index (χ1v) is 10.2. The van der Waals surface area contributed by atoms with Crippen molar-refractivity contribution in [1.29, 1.82) is 0 Å². The first kappa shape index (κ1) is 23.3. The number of hydrogen-bond acceptors (Lipinski definition) is 5. The molecular weight excluding hydrogens is 426 g/mol. The molecule has 0 radical (unpaired) electrons. The number of ether oxygens (including phenoxy) is 1. The normalized spacial score (nSPS) is 11.5. The average molecular weight is 449 g/mol. The first-order chi connectivity index (χ1) is 15.9. The van der Waals surface area contributed by atoms with Crippen molar-refractivity contribution in [1.82, 2.24) is 15.5 Å². The summed E-state index contributed by atoms with van der Waals surface area (Å²) in [4.78, 5) is 47.7. The Morgan fingerprint density at radius 2 is 1.58 bits per heavy atom. The Labute approximate surface area is 190 Å². The molecule has 0 aromatic heterocycles. The monoisotopic (exact) mass is 449 g/mol. The molecule has 3 rings (SSSR count). The van der Waals surface area contributed by atoms with Gasteiger partial charge in [0, 0.05) is 5.92 Å². The van der Waals surface area contributed by atoms with Gasteiger partial charge in [0.25, 0.3) is 0 Å². The molecule has 0 saturated heterocycles. The topological polar surface area (TPSA) is 125 Å². The second-order valence-corrected chi connectivity index (χ2v) is 7.30. The molecule has 1 aliphatic carbocycles. The molecule has 9 nitrogen and oxygen atoms in total. The standard InChI is InChI=1S/C24H23N3O6/c1-2-11-27(14-23(30)31)22(29)13-25-21(28)12-26-24(32)33-15-20-18-9-5-3-7-16(18)17-8-4-6-10-19(17)20/h1,3-10,20H,11-15H2,(H,25,28)(H,26,32)(H,30,31). The van der Waals surface area contributed by atoms with Crippen molar-refractivity contribution >= 4 is 23.9 Å². The van der Waals surface area contributed by atoms with Crippen LogP contribution in [-0.2, 0) is 19.1 Å². The van der Waals surface area contributed by atoms with Crippen molar-refractivity contribution in [2.45, 2.75) is 5.92 Å². The van der Waals surface area contributed by atoms with Gasteiger partial charge in [0.15, 0.2) is 0 Å². The number of carbonyl (C=O) groups is 4. The van der Waals surface area contributed by atoms with Gasteiger partial charge in [-0.05, 0) is 22.3 Å². The largest absolute Gasteiger partial charge is 0.480 e. The molecule has 170 valence electrons. The fraction of sp³-hybridized carbons (Fsp3) is 0.250. The van der Waals surface area contributed by atoms with Gasteiger partial charge in [0.1, 0.15) is 19.7 Å². The van der Waals surface area contributed by atoms with Crippen molar-refractivity contribution in [3.8, 4) is 23.5 Å². The Kier molecular flexibility index (Phi) is 7.65. The lowest BCUT2D eigenvalue weighted by atomic mass is 9.98. The second-order valence-electron chi connectivity index (χ2n) is 7.30. The molecule has 33 heavy (non-hydrogen) atoms. The minimum Gasteiger partial charge on any atom is -0.480 e. The van der Waals surface area contributed by atoms with Gasteiger partial charge in [-0.15, -0.1) is 6.42 Å². The van der Waals surface area contributed by atoms with Gasteiger partial charge in [0.05, 0.1) is 13.1 Å². The van der Waals surface area contributed by atoms with Crippen LogP contribution in [0.15, 0.2) is 48.5 Å². The molecule has 0 aliphatic heterocycles. The average Bonchev–Trinajstić information content (AvgIpc) is 3.13. The van der Waals surface area contributed by atoms with Crippen LogP contribution < -0.4 is 10.6 Å². The van der Waals surface area contributed by atoms with Gasteiger partial charge < -0.3 is 25.4 Å². The van der Waals surface area contributed by atoms with E-state index in [4.69, 9.17) is 16.3 Å². The minimum atomic E-state index is -1.22. The highest BCUT2D eigenvalue weighted by molar-refractivity contribution is 5.88. The Morgan fingerprint density at radius 3 is 2.15 bits per heavy atom. The number of carboxylic acids is 1. The van der Waals surface area contributed by atoms with Gasteiger partial charge >= 0.3 is 12.1 Å². The molecule has 0 bridgehead atoms. The molecule has 2 aromatic rings. The highest BCUT2D eigenvalue weighted by Gasteiger charge is 2.29. The second kappa shape index (κ2) is 10.8. The van der Waals surface area contributed by atoms with E-state index in [1.807, 2.05) is 48.5 Å². The van der Waals surface area contributed by atoms with E-state index in [0.29, 0.717) is 0 Å². The van der Waals surface area contributed by atoms with Crippen LogP contribution in [0, 0.1) is 12.3 Å². The summed E-state index contributed by atoms with van der Waals surface area (Å²) >= 11 is 0. The van der Waals surface area contributed by atoms with E-state index in [-0.39, 0.29) is 19.1 Å². The van der Waals surface area contributed by atoms with Crippen LogP contribution in [0.3, 0.4) is 0 Å². The number of rotatable bonds is 9. The number of amides is 3. The lowest BCUT2D eigenvalue weighted by Gasteiger charge is -2.18. The summed E-state index contributed by atoms with van der Waals surface area (Å²) in [7, 11) is 0. The third-order valence-corrected chi connectivity index (χ3v) is 5.13. The Balaban J connectivity index is 1.45. The lowest BCUT2D eigenvalue weighted by Crippen LogP contribution is -2.45. The first-order valence-electron chi connectivity index (χ1n) is 10.2.